The second-order valence-electron chi connectivity index (χ2n) is 6.49. The molecule has 0 radical (unpaired) electrons. The Balaban J connectivity index is 1.86. The molecule has 0 aliphatic rings. The predicted molar refractivity (Wildman–Crippen MR) is 100 cm³/mol. The van der Waals surface area contributed by atoms with Crippen molar-refractivity contribution >= 4 is 22.7 Å². The highest BCUT2D eigenvalue weighted by Crippen LogP contribution is 2.26. The Labute approximate surface area is 156 Å². The molecule has 1 aromatic heterocycles. The maximum Gasteiger partial charge on any atom is 0.339 e. The van der Waals surface area contributed by atoms with Gasteiger partial charge in [0.15, 0.2) is 23.9 Å². The zero-order valence-electron chi connectivity index (χ0n) is 15.2. The van der Waals surface area contributed by atoms with E-state index in [9.17, 15) is 19.8 Å². The lowest BCUT2D eigenvalue weighted by Crippen LogP contribution is -2.15. The minimum absolute atomic E-state index is 0.139. The third kappa shape index (κ3) is 3.74. The summed E-state index contributed by atoms with van der Waals surface area (Å²) in [6.07, 6.45) is 0. The van der Waals surface area contributed by atoms with Crippen LogP contribution >= 0.6 is 0 Å². The van der Waals surface area contributed by atoms with Gasteiger partial charge >= 0.3 is 5.97 Å². The average Bonchev–Trinajstić information content (AvgIpc) is 2.61. The van der Waals surface area contributed by atoms with Crippen molar-refractivity contribution in [3.8, 4) is 11.5 Å². The van der Waals surface area contributed by atoms with Crippen LogP contribution in [0.2, 0.25) is 0 Å². The summed E-state index contributed by atoms with van der Waals surface area (Å²) in [5, 5.41) is 19.5. The van der Waals surface area contributed by atoms with Crippen LogP contribution in [-0.4, -0.2) is 33.6 Å². The first-order valence-corrected chi connectivity index (χ1v) is 8.37. The second kappa shape index (κ2) is 7.07. The fraction of sp³-hybridized carbons (Fsp3) is 0.190. The maximum absolute atomic E-state index is 12.6. The van der Waals surface area contributed by atoms with Gasteiger partial charge in [-0.3, -0.25) is 9.78 Å². The zero-order valence-corrected chi connectivity index (χ0v) is 15.2. The number of phenolic OH excluding ortho intramolecular Hbond substituents is 2. The van der Waals surface area contributed by atoms with Crippen LogP contribution in [0.15, 0.2) is 36.4 Å². The molecular formula is C21H19NO5. The highest BCUT2D eigenvalue weighted by atomic mass is 16.5. The Kier molecular flexibility index (Phi) is 4.81. The predicted octanol–water partition coefficient (Wildman–Crippen LogP) is 3.61. The average molecular weight is 365 g/mol. The van der Waals surface area contributed by atoms with Crippen LogP contribution in [0, 0.1) is 20.8 Å². The molecule has 0 atom stereocenters. The van der Waals surface area contributed by atoms with Crippen LogP contribution in [0.5, 0.6) is 11.5 Å². The van der Waals surface area contributed by atoms with Crippen LogP contribution in [0.25, 0.3) is 10.9 Å². The summed E-state index contributed by atoms with van der Waals surface area (Å²) in [5.74, 6) is -1.84. The molecule has 2 aromatic carbocycles. The SMILES string of the molecule is Cc1cc(C)c2nc(C)cc(C(=O)OCC(=O)c3ccc(O)c(O)c3)c2c1. The van der Waals surface area contributed by atoms with Gasteiger partial charge in [0.25, 0.3) is 0 Å². The van der Waals surface area contributed by atoms with Gasteiger partial charge in [-0.1, -0.05) is 11.6 Å². The van der Waals surface area contributed by atoms with Gasteiger partial charge in [0.1, 0.15) is 0 Å². The molecule has 0 aliphatic heterocycles. The van der Waals surface area contributed by atoms with Gasteiger partial charge in [-0.25, -0.2) is 4.79 Å². The highest BCUT2D eigenvalue weighted by Gasteiger charge is 2.17. The number of pyridine rings is 1. The molecular weight excluding hydrogens is 346 g/mol. The fourth-order valence-corrected chi connectivity index (χ4v) is 2.97. The maximum atomic E-state index is 12.6. The summed E-state index contributed by atoms with van der Waals surface area (Å²) >= 11 is 0. The van der Waals surface area contributed by atoms with E-state index in [1.54, 1.807) is 13.0 Å². The van der Waals surface area contributed by atoms with Crippen molar-refractivity contribution in [1.82, 2.24) is 4.98 Å². The summed E-state index contributed by atoms with van der Waals surface area (Å²) in [5.41, 5.74) is 3.85. The van der Waals surface area contributed by atoms with Gasteiger partial charge in [0.05, 0.1) is 11.1 Å². The van der Waals surface area contributed by atoms with E-state index in [0.29, 0.717) is 16.6 Å². The number of Topliss-reactive ketones (excluding diaryl/α,β-unsaturated/α-hetero) is 1. The number of esters is 1. The lowest BCUT2D eigenvalue weighted by molar-refractivity contribution is 0.0476. The number of benzene rings is 2. The summed E-state index contributed by atoms with van der Waals surface area (Å²) < 4.78 is 5.20. The second-order valence-corrected chi connectivity index (χ2v) is 6.49. The highest BCUT2D eigenvalue weighted by molar-refractivity contribution is 6.06. The largest absolute Gasteiger partial charge is 0.504 e. The molecule has 138 valence electrons. The van der Waals surface area contributed by atoms with E-state index >= 15 is 0 Å². The van der Waals surface area contributed by atoms with Crippen molar-refractivity contribution in [2.24, 2.45) is 0 Å². The van der Waals surface area contributed by atoms with Crippen molar-refractivity contribution in [3.63, 3.8) is 0 Å². The molecule has 0 saturated carbocycles. The third-order valence-corrected chi connectivity index (χ3v) is 4.23. The first kappa shape index (κ1) is 18.4. The number of phenols is 2. The molecule has 0 bridgehead atoms. The lowest BCUT2D eigenvalue weighted by atomic mass is 10.0. The van der Waals surface area contributed by atoms with Crippen molar-refractivity contribution < 1.29 is 24.5 Å². The molecule has 0 fully saturated rings. The third-order valence-electron chi connectivity index (χ3n) is 4.23. The zero-order chi connectivity index (χ0) is 19.7. The minimum Gasteiger partial charge on any atom is -0.504 e. The van der Waals surface area contributed by atoms with Gasteiger partial charge in [-0.2, -0.15) is 0 Å². The van der Waals surface area contributed by atoms with Crippen LogP contribution in [0.3, 0.4) is 0 Å². The molecule has 27 heavy (non-hydrogen) atoms. The molecule has 2 N–H and O–H groups in total. The first-order chi connectivity index (χ1) is 12.8. The molecule has 0 unspecified atom stereocenters. The van der Waals surface area contributed by atoms with Crippen molar-refractivity contribution in [2.45, 2.75) is 20.8 Å². The lowest BCUT2D eigenvalue weighted by Gasteiger charge is -2.11. The number of hydrogen-bond donors (Lipinski definition) is 2. The molecule has 0 saturated heterocycles. The van der Waals surface area contributed by atoms with Crippen molar-refractivity contribution in [2.75, 3.05) is 6.61 Å². The summed E-state index contributed by atoms with van der Waals surface area (Å²) in [7, 11) is 0. The number of aryl methyl sites for hydroxylation is 3. The van der Waals surface area contributed by atoms with E-state index in [1.807, 2.05) is 26.0 Å². The Morgan fingerprint density at radius 2 is 1.74 bits per heavy atom. The van der Waals surface area contributed by atoms with Crippen LogP contribution in [0.1, 0.15) is 37.5 Å². The van der Waals surface area contributed by atoms with E-state index < -0.39 is 24.1 Å². The van der Waals surface area contributed by atoms with Gasteiger partial charge in [0, 0.05) is 16.6 Å². The Bertz CT molecular complexity index is 1070. The molecule has 3 rings (SSSR count). The number of fused-ring (bicyclic) bond motifs is 1. The molecule has 0 amide bonds. The number of aromatic nitrogens is 1. The van der Waals surface area contributed by atoms with E-state index in [1.165, 1.54) is 12.1 Å². The number of carbonyl (C=O) groups is 2. The van der Waals surface area contributed by atoms with Crippen LogP contribution in [0.4, 0.5) is 0 Å². The number of rotatable bonds is 4. The van der Waals surface area contributed by atoms with E-state index in [2.05, 4.69) is 4.98 Å². The first-order valence-electron chi connectivity index (χ1n) is 8.37. The molecule has 0 spiro atoms. The summed E-state index contributed by atoms with van der Waals surface area (Å²) in [4.78, 5) is 29.3. The van der Waals surface area contributed by atoms with Gasteiger partial charge in [-0.15, -0.1) is 0 Å². The van der Waals surface area contributed by atoms with Crippen LogP contribution < -0.4 is 0 Å². The van der Waals surface area contributed by atoms with Gasteiger partial charge < -0.3 is 14.9 Å². The number of ether oxygens (including phenoxy) is 1. The smallest absolute Gasteiger partial charge is 0.339 e. The molecule has 3 aromatic rings. The monoisotopic (exact) mass is 365 g/mol. The summed E-state index contributed by atoms with van der Waals surface area (Å²) in [6.45, 7) is 5.18. The van der Waals surface area contributed by atoms with Crippen molar-refractivity contribution in [3.05, 3.63) is 64.3 Å². The standard InChI is InChI=1S/C21H19NO5/c1-11-6-12(2)20-15(7-11)16(8-13(3)22-20)21(26)27-10-19(25)14-4-5-17(23)18(24)9-14/h4-9,23-24H,10H2,1-3H3. The number of ketones is 1. The van der Waals surface area contributed by atoms with E-state index in [0.717, 1.165) is 22.7 Å². The van der Waals surface area contributed by atoms with Gasteiger partial charge in [-0.05, 0) is 56.7 Å². The molecule has 6 heteroatoms. The number of aromatic hydroxyl groups is 2. The van der Waals surface area contributed by atoms with E-state index in [4.69, 9.17) is 4.74 Å². The normalized spacial score (nSPS) is 10.8. The Hall–Kier alpha value is -3.41. The molecule has 6 nitrogen and oxygen atoms in total. The minimum atomic E-state index is -0.619. The number of nitrogens with zero attached hydrogens (tertiary/aromatic N) is 1. The Morgan fingerprint density at radius 1 is 1.00 bits per heavy atom. The topological polar surface area (TPSA) is 96.7 Å². The Morgan fingerprint density at radius 3 is 2.44 bits per heavy atom. The van der Waals surface area contributed by atoms with Crippen molar-refractivity contribution in [1.29, 1.82) is 0 Å². The number of hydrogen-bond acceptors (Lipinski definition) is 6. The number of carbonyl (C=O) groups excluding carboxylic acids is 2. The fourth-order valence-electron chi connectivity index (χ4n) is 2.97. The summed E-state index contributed by atoms with van der Waals surface area (Å²) in [6, 6.07) is 9.18. The van der Waals surface area contributed by atoms with Crippen LogP contribution in [-0.2, 0) is 4.74 Å². The quantitative estimate of drug-likeness (QED) is 0.416. The molecule has 1 heterocycles. The van der Waals surface area contributed by atoms with E-state index in [-0.39, 0.29) is 11.3 Å². The van der Waals surface area contributed by atoms with Gasteiger partial charge in [0.2, 0.25) is 0 Å². The molecule has 0 aliphatic carbocycles.